The van der Waals surface area contributed by atoms with Crippen molar-refractivity contribution in [1.82, 2.24) is 10.5 Å². The molecule has 3 amide bonds. The molecule has 4 rings (SSSR count). The van der Waals surface area contributed by atoms with Crippen LogP contribution in [0, 0.1) is 6.92 Å². The molecule has 0 aliphatic rings. The molecule has 1 heterocycles. The standard InChI is InChI=1S/C28H22Cl2N4O4S/c1-17-14-25(34-38-17)33-26(35)16-39-20-12-10-19(11-13-20)31-28(37)24(15-21-22(29)8-5-9-23(21)30)32-27(36)18-6-3-2-4-7-18/h2-15H,16H2,1H3,(H,31,37)(H,32,36)(H,33,34,35)/b24-15-. The Kier molecular flexibility index (Phi) is 9.43. The largest absolute Gasteiger partial charge is 0.360 e. The van der Waals surface area contributed by atoms with Crippen LogP contribution < -0.4 is 16.0 Å². The monoisotopic (exact) mass is 580 g/mol. The van der Waals surface area contributed by atoms with E-state index in [2.05, 4.69) is 21.1 Å². The molecule has 0 saturated carbocycles. The zero-order chi connectivity index (χ0) is 27.8. The lowest BCUT2D eigenvalue weighted by atomic mass is 10.1. The molecule has 0 saturated heterocycles. The molecule has 0 bridgehead atoms. The normalized spacial score (nSPS) is 11.1. The highest BCUT2D eigenvalue weighted by molar-refractivity contribution is 8.00. The molecule has 39 heavy (non-hydrogen) atoms. The van der Waals surface area contributed by atoms with Gasteiger partial charge in [-0.15, -0.1) is 11.8 Å². The predicted octanol–water partition coefficient (Wildman–Crippen LogP) is 6.43. The molecule has 0 fully saturated rings. The van der Waals surface area contributed by atoms with E-state index in [0.29, 0.717) is 38.4 Å². The Hall–Kier alpha value is -4.05. The van der Waals surface area contributed by atoms with Crippen LogP contribution >= 0.6 is 35.0 Å². The highest BCUT2D eigenvalue weighted by atomic mass is 35.5. The second-order valence-corrected chi connectivity index (χ2v) is 10.0. The Morgan fingerprint density at radius 3 is 2.26 bits per heavy atom. The van der Waals surface area contributed by atoms with Gasteiger partial charge in [0, 0.05) is 37.8 Å². The Morgan fingerprint density at radius 2 is 1.62 bits per heavy atom. The SMILES string of the molecule is Cc1cc(NC(=O)CSc2ccc(NC(=O)/C(=C/c3c(Cl)cccc3Cl)NC(=O)c3ccccc3)cc2)no1. The van der Waals surface area contributed by atoms with Crippen molar-refractivity contribution in [2.45, 2.75) is 11.8 Å². The van der Waals surface area contributed by atoms with Crippen LogP contribution in [-0.4, -0.2) is 28.6 Å². The van der Waals surface area contributed by atoms with Crippen molar-refractivity contribution in [3.05, 3.63) is 111 Å². The molecule has 1 aromatic heterocycles. The van der Waals surface area contributed by atoms with E-state index < -0.39 is 11.8 Å². The highest BCUT2D eigenvalue weighted by Crippen LogP contribution is 2.27. The molecule has 0 aliphatic carbocycles. The summed E-state index contributed by atoms with van der Waals surface area (Å²) in [6, 6.07) is 22.0. The summed E-state index contributed by atoms with van der Waals surface area (Å²) in [4.78, 5) is 39.0. The molecule has 4 aromatic rings. The van der Waals surface area contributed by atoms with Crippen molar-refractivity contribution in [3.63, 3.8) is 0 Å². The topological polar surface area (TPSA) is 113 Å². The first-order valence-electron chi connectivity index (χ1n) is 11.6. The molecular weight excluding hydrogens is 559 g/mol. The van der Waals surface area contributed by atoms with Crippen molar-refractivity contribution >= 4 is 70.3 Å². The van der Waals surface area contributed by atoms with Gasteiger partial charge in [0.1, 0.15) is 11.5 Å². The van der Waals surface area contributed by atoms with E-state index in [4.69, 9.17) is 27.7 Å². The van der Waals surface area contributed by atoms with Crippen molar-refractivity contribution in [1.29, 1.82) is 0 Å². The number of nitrogens with one attached hydrogen (secondary N) is 3. The van der Waals surface area contributed by atoms with Crippen LogP contribution in [0.3, 0.4) is 0 Å². The summed E-state index contributed by atoms with van der Waals surface area (Å²) in [5, 5.41) is 12.5. The molecule has 0 aliphatic heterocycles. The van der Waals surface area contributed by atoms with E-state index in [1.54, 1.807) is 85.8 Å². The second-order valence-electron chi connectivity index (χ2n) is 8.15. The predicted molar refractivity (Wildman–Crippen MR) is 154 cm³/mol. The number of thioether (sulfide) groups is 1. The Bertz CT molecular complexity index is 1500. The summed E-state index contributed by atoms with van der Waals surface area (Å²) in [5.41, 5.74) is 1.21. The lowest BCUT2D eigenvalue weighted by molar-refractivity contribution is -0.114. The molecule has 11 heteroatoms. The molecule has 3 aromatic carbocycles. The van der Waals surface area contributed by atoms with Crippen molar-refractivity contribution in [3.8, 4) is 0 Å². The summed E-state index contributed by atoms with van der Waals surface area (Å²) >= 11 is 13.9. The lowest BCUT2D eigenvalue weighted by Gasteiger charge is -2.13. The van der Waals surface area contributed by atoms with Crippen LogP contribution in [0.25, 0.3) is 6.08 Å². The van der Waals surface area contributed by atoms with Gasteiger partial charge in [-0.25, -0.2) is 0 Å². The number of halogens is 2. The third kappa shape index (κ3) is 7.97. The van der Waals surface area contributed by atoms with Gasteiger partial charge in [0.25, 0.3) is 11.8 Å². The third-order valence-corrected chi connectivity index (χ3v) is 6.87. The highest BCUT2D eigenvalue weighted by Gasteiger charge is 2.17. The maximum atomic E-state index is 13.2. The summed E-state index contributed by atoms with van der Waals surface area (Å²) in [6.07, 6.45) is 1.43. The van der Waals surface area contributed by atoms with Crippen LogP contribution in [0.5, 0.6) is 0 Å². The van der Waals surface area contributed by atoms with Gasteiger partial charge in [0.05, 0.1) is 5.75 Å². The van der Waals surface area contributed by atoms with Gasteiger partial charge in [-0.2, -0.15) is 0 Å². The first-order chi connectivity index (χ1) is 18.8. The van der Waals surface area contributed by atoms with Crippen molar-refractivity contribution < 1.29 is 18.9 Å². The van der Waals surface area contributed by atoms with E-state index in [-0.39, 0.29) is 17.4 Å². The Labute approximate surface area is 238 Å². The van der Waals surface area contributed by atoms with Gasteiger partial charge in [-0.05, 0) is 61.5 Å². The average molecular weight is 581 g/mol. The summed E-state index contributed by atoms with van der Waals surface area (Å²) in [5.74, 6) is -0.147. The number of benzene rings is 3. The molecule has 0 spiro atoms. The Morgan fingerprint density at radius 1 is 0.923 bits per heavy atom. The molecular formula is C28H22Cl2N4O4S. The van der Waals surface area contributed by atoms with E-state index in [1.807, 2.05) is 0 Å². The van der Waals surface area contributed by atoms with Crippen LogP contribution in [0.1, 0.15) is 21.7 Å². The van der Waals surface area contributed by atoms with Gasteiger partial charge in [-0.3, -0.25) is 14.4 Å². The van der Waals surface area contributed by atoms with Crippen molar-refractivity contribution in [2.75, 3.05) is 16.4 Å². The fourth-order valence-electron chi connectivity index (χ4n) is 3.32. The van der Waals surface area contributed by atoms with Gasteiger partial charge in [-0.1, -0.05) is 52.6 Å². The average Bonchev–Trinajstić information content (AvgIpc) is 3.34. The number of carbonyl (C=O) groups is 3. The maximum absolute atomic E-state index is 13.2. The summed E-state index contributed by atoms with van der Waals surface area (Å²) < 4.78 is 4.93. The number of carbonyl (C=O) groups excluding carboxylic acids is 3. The molecule has 0 unspecified atom stereocenters. The van der Waals surface area contributed by atoms with Crippen LogP contribution in [0.2, 0.25) is 10.0 Å². The van der Waals surface area contributed by atoms with Crippen LogP contribution in [-0.2, 0) is 9.59 Å². The van der Waals surface area contributed by atoms with Gasteiger partial charge < -0.3 is 20.5 Å². The van der Waals surface area contributed by atoms with Gasteiger partial charge >= 0.3 is 0 Å². The summed E-state index contributed by atoms with van der Waals surface area (Å²) in [6.45, 7) is 1.74. The van der Waals surface area contributed by atoms with Crippen LogP contribution in [0.4, 0.5) is 11.5 Å². The number of hydrogen-bond acceptors (Lipinski definition) is 6. The van der Waals surface area contributed by atoms with E-state index in [0.717, 1.165) is 4.90 Å². The zero-order valence-corrected chi connectivity index (χ0v) is 22.9. The first kappa shape index (κ1) is 28.0. The second kappa shape index (κ2) is 13.1. The molecule has 8 nitrogen and oxygen atoms in total. The fraction of sp³-hybridized carbons (Fsp3) is 0.0714. The van der Waals surface area contributed by atoms with Gasteiger partial charge in [0.15, 0.2) is 5.82 Å². The van der Waals surface area contributed by atoms with E-state index in [9.17, 15) is 14.4 Å². The minimum absolute atomic E-state index is 0.0444. The fourth-order valence-corrected chi connectivity index (χ4v) is 4.53. The minimum atomic E-state index is -0.571. The third-order valence-electron chi connectivity index (χ3n) is 5.19. The van der Waals surface area contributed by atoms with E-state index in [1.165, 1.54) is 17.8 Å². The maximum Gasteiger partial charge on any atom is 0.272 e. The number of anilines is 2. The van der Waals surface area contributed by atoms with E-state index >= 15 is 0 Å². The molecule has 0 atom stereocenters. The molecule has 3 N–H and O–H groups in total. The number of aryl methyl sites for hydroxylation is 1. The summed E-state index contributed by atoms with van der Waals surface area (Å²) in [7, 11) is 0. The Balaban J connectivity index is 1.44. The zero-order valence-electron chi connectivity index (χ0n) is 20.5. The number of amides is 3. The quantitative estimate of drug-likeness (QED) is 0.155. The number of rotatable bonds is 9. The van der Waals surface area contributed by atoms with Crippen molar-refractivity contribution in [2.24, 2.45) is 0 Å². The smallest absolute Gasteiger partial charge is 0.272 e. The lowest BCUT2D eigenvalue weighted by Crippen LogP contribution is -2.30. The van der Waals surface area contributed by atoms with Crippen LogP contribution in [0.15, 0.2) is 94.0 Å². The number of aromatic nitrogens is 1. The number of hydrogen-bond donors (Lipinski definition) is 3. The minimum Gasteiger partial charge on any atom is -0.360 e. The molecule has 0 radical (unpaired) electrons. The molecule has 198 valence electrons. The van der Waals surface area contributed by atoms with Gasteiger partial charge in [0.2, 0.25) is 5.91 Å². The number of nitrogens with zero attached hydrogens (tertiary/aromatic N) is 1. The first-order valence-corrected chi connectivity index (χ1v) is 13.3.